The maximum Gasteiger partial charge on any atom is 0.307 e. The fourth-order valence-electron chi connectivity index (χ4n) is 1.97. The van der Waals surface area contributed by atoms with Crippen molar-refractivity contribution in [1.82, 2.24) is 0 Å². The summed E-state index contributed by atoms with van der Waals surface area (Å²) in [5.41, 5.74) is 7.98. The summed E-state index contributed by atoms with van der Waals surface area (Å²) >= 11 is 0. The normalized spacial score (nSPS) is 14.0. The Kier molecular flexibility index (Phi) is 5.35. The molecule has 18 heavy (non-hydrogen) atoms. The first-order valence-electron chi connectivity index (χ1n) is 6.59. The molecule has 3 heteroatoms. The van der Waals surface area contributed by atoms with Crippen LogP contribution in [0.5, 0.6) is 0 Å². The zero-order valence-electron chi connectivity index (χ0n) is 11.5. The number of carbonyl (C=O) groups is 1. The van der Waals surface area contributed by atoms with Crippen LogP contribution >= 0.6 is 0 Å². The number of aryl methyl sites for hydroxylation is 1. The van der Waals surface area contributed by atoms with E-state index in [0.717, 1.165) is 12.0 Å². The van der Waals surface area contributed by atoms with Crippen LogP contribution in [0.4, 0.5) is 0 Å². The average Bonchev–Trinajstić information content (AvgIpc) is 2.39. The molecule has 0 heterocycles. The van der Waals surface area contributed by atoms with Crippen LogP contribution in [0.1, 0.15) is 44.7 Å². The molecule has 0 aliphatic rings. The first kappa shape index (κ1) is 14.7. The monoisotopic (exact) mass is 249 g/mol. The molecule has 0 fully saturated rings. The van der Waals surface area contributed by atoms with Gasteiger partial charge in [-0.2, -0.15) is 0 Å². The molecular weight excluding hydrogens is 226 g/mol. The highest BCUT2D eigenvalue weighted by Crippen LogP contribution is 2.26. The largest absolute Gasteiger partial charge is 0.466 e. The summed E-state index contributed by atoms with van der Waals surface area (Å²) in [7, 11) is 0. The van der Waals surface area contributed by atoms with Gasteiger partial charge in [0.15, 0.2) is 0 Å². The zero-order chi connectivity index (χ0) is 13.6. The molecule has 100 valence electrons. The van der Waals surface area contributed by atoms with Gasteiger partial charge in [0.05, 0.1) is 18.6 Å². The third kappa shape index (κ3) is 3.57. The summed E-state index contributed by atoms with van der Waals surface area (Å²) in [5, 5.41) is 0. The molecule has 0 amide bonds. The summed E-state index contributed by atoms with van der Waals surface area (Å²) in [6, 6.07) is 8.17. The first-order valence-corrected chi connectivity index (χ1v) is 6.59. The molecule has 1 aromatic carbocycles. The van der Waals surface area contributed by atoms with Crippen molar-refractivity contribution < 1.29 is 9.53 Å². The fourth-order valence-corrected chi connectivity index (χ4v) is 1.97. The second-order valence-electron chi connectivity index (χ2n) is 4.54. The van der Waals surface area contributed by atoms with Gasteiger partial charge < -0.3 is 10.5 Å². The van der Waals surface area contributed by atoms with E-state index >= 15 is 0 Å². The number of nitrogens with two attached hydrogens (primary N) is 1. The third-order valence-corrected chi connectivity index (χ3v) is 3.33. The van der Waals surface area contributed by atoms with Crippen LogP contribution in [-0.2, 0) is 21.5 Å². The summed E-state index contributed by atoms with van der Waals surface area (Å²) in [4.78, 5) is 11.6. The Labute approximate surface area is 109 Å². The smallest absolute Gasteiger partial charge is 0.307 e. The lowest BCUT2D eigenvalue weighted by molar-refractivity contribution is -0.144. The van der Waals surface area contributed by atoms with Crippen molar-refractivity contribution in [3.05, 3.63) is 35.4 Å². The molecule has 0 aliphatic heterocycles. The van der Waals surface area contributed by atoms with Crippen molar-refractivity contribution in [2.24, 2.45) is 5.73 Å². The van der Waals surface area contributed by atoms with Crippen molar-refractivity contribution in [3.8, 4) is 0 Å². The lowest BCUT2D eigenvalue weighted by Gasteiger charge is -2.28. The van der Waals surface area contributed by atoms with Gasteiger partial charge in [-0.1, -0.05) is 38.1 Å². The second kappa shape index (κ2) is 6.55. The molecule has 1 aromatic rings. The molecule has 0 saturated heterocycles. The summed E-state index contributed by atoms with van der Waals surface area (Å²) in [6.07, 6.45) is 1.93. The van der Waals surface area contributed by atoms with Gasteiger partial charge in [-0.25, -0.2) is 0 Å². The molecular formula is C15H23NO2. The van der Waals surface area contributed by atoms with Gasteiger partial charge in [0, 0.05) is 0 Å². The molecule has 0 bridgehead atoms. The Morgan fingerprint density at radius 3 is 2.28 bits per heavy atom. The molecule has 0 aromatic heterocycles. The van der Waals surface area contributed by atoms with Gasteiger partial charge in [0.1, 0.15) is 0 Å². The predicted molar refractivity (Wildman–Crippen MR) is 73.2 cm³/mol. The summed E-state index contributed by atoms with van der Waals surface area (Å²) in [6.45, 7) is 6.31. The number of carbonyl (C=O) groups excluding carboxylic acids is 1. The number of rotatable bonds is 6. The molecule has 0 radical (unpaired) electrons. The molecule has 2 N–H and O–H groups in total. The zero-order valence-corrected chi connectivity index (χ0v) is 11.5. The van der Waals surface area contributed by atoms with Crippen LogP contribution in [0.15, 0.2) is 24.3 Å². The average molecular weight is 249 g/mol. The van der Waals surface area contributed by atoms with Gasteiger partial charge in [-0.05, 0) is 30.9 Å². The molecule has 0 aliphatic carbocycles. The van der Waals surface area contributed by atoms with E-state index in [1.807, 2.05) is 19.1 Å². The van der Waals surface area contributed by atoms with Crippen LogP contribution in [0, 0.1) is 0 Å². The number of hydrogen-bond acceptors (Lipinski definition) is 3. The first-order chi connectivity index (χ1) is 8.55. The van der Waals surface area contributed by atoms with Crippen molar-refractivity contribution in [1.29, 1.82) is 0 Å². The molecule has 0 spiro atoms. The highest BCUT2D eigenvalue weighted by molar-refractivity contribution is 5.71. The number of esters is 1. The summed E-state index contributed by atoms with van der Waals surface area (Å²) < 4.78 is 4.99. The predicted octanol–water partition coefficient (Wildman–Crippen LogP) is 2.77. The van der Waals surface area contributed by atoms with E-state index in [0.29, 0.717) is 13.0 Å². The maximum absolute atomic E-state index is 11.6. The maximum atomic E-state index is 11.6. The van der Waals surface area contributed by atoms with Crippen LogP contribution in [-0.4, -0.2) is 12.6 Å². The summed E-state index contributed by atoms with van der Waals surface area (Å²) in [5.74, 6) is -0.235. The van der Waals surface area contributed by atoms with Gasteiger partial charge in [0.25, 0.3) is 0 Å². The van der Waals surface area contributed by atoms with Gasteiger partial charge in [-0.15, -0.1) is 0 Å². The van der Waals surface area contributed by atoms with Crippen LogP contribution < -0.4 is 5.73 Å². The number of ether oxygens (including phenoxy) is 1. The molecule has 3 nitrogen and oxygen atoms in total. The highest BCUT2D eigenvalue weighted by atomic mass is 16.5. The van der Waals surface area contributed by atoms with E-state index in [2.05, 4.69) is 19.1 Å². The quantitative estimate of drug-likeness (QED) is 0.789. The SMILES string of the molecule is CCOC(=O)CC(N)(CC)c1ccc(CC)cc1. The van der Waals surface area contributed by atoms with E-state index in [-0.39, 0.29) is 12.4 Å². The van der Waals surface area contributed by atoms with E-state index < -0.39 is 5.54 Å². The van der Waals surface area contributed by atoms with Crippen molar-refractivity contribution in [2.45, 2.75) is 45.6 Å². The Bertz CT molecular complexity index is 386. The molecule has 0 saturated carbocycles. The Morgan fingerprint density at radius 1 is 1.22 bits per heavy atom. The van der Waals surface area contributed by atoms with Gasteiger partial charge >= 0.3 is 5.97 Å². The van der Waals surface area contributed by atoms with Gasteiger partial charge in [-0.3, -0.25) is 4.79 Å². The van der Waals surface area contributed by atoms with E-state index in [1.54, 1.807) is 6.92 Å². The van der Waals surface area contributed by atoms with Crippen molar-refractivity contribution >= 4 is 5.97 Å². The highest BCUT2D eigenvalue weighted by Gasteiger charge is 2.29. The van der Waals surface area contributed by atoms with E-state index in [1.165, 1.54) is 5.56 Å². The van der Waals surface area contributed by atoms with Crippen molar-refractivity contribution in [2.75, 3.05) is 6.61 Å². The lowest BCUT2D eigenvalue weighted by atomic mass is 9.85. The fraction of sp³-hybridized carbons (Fsp3) is 0.533. The standard InChI is InChI=1S/C15H23NO2/c1-4-12-7-9-13(10-8-12)15(16,5-2)11-14(17)18-6-3/h7-10H,4-6,11,16H2,1-3H3. The molecule has 1 unspecified atom stereocenters. The topological polar surface area (TPSA) is 52.3 Å². The van der Waals surface area contributed by atoms with Crippen molar-refractivity contribution in [3.63, 3.8) is 0 Å². The Hall–Kier alpha value is -1.35. The van der Waals surface area contributed by atoms with Crippen LogP contribution in [0.25, 0.3) is 0 Å². The minimum atomic E-state index is -0.626. The Balaban J connectivity index is 2.88. The lowest BCUT2D eigenvalue weighted by Crippen LogP contribution is -2.38. The second-order valence-corrected chi connectivity index (χ2v) is 4.54. The number of hydrogen-bond donors (Lipinski definition) is 1. The van der Waals surface area contributed by atoms with Crippen LogP contribution in [0.2, 0.25) is 0 Å². The number of benzene rings is 1. The van der Waals surface area contributed by atoms with E-state index in [9.17, 15) is 4.79 Å². The minimum Gasteiger partial charge on any atom is -0.466 e. The van der Waals surface area contributed by atoms with Crippen LogP contribution in [0.3, 0.4) is 0 Å². The Morgan fingerprint density at radius 2 is 1.83 bits per heavy atom. The van der Waals surface area contributed by atoms with E-state index in [4.69, 9.17) is 10.5 Å². The molecule has 1 rings (SSSR count). The minimum absolute atomic E-state index is 0.225. The third-order valence-electron chi connectivity index (χ3n) is 3.33. The van der Waals surface area contributed by atoms with Gasteiger partial charge in [0.2, 0.25) is 0 Å². The molecule has 1 atom stereocenters.